The molecule has 1 aliphatic carbocycles. The van der Waals surface area contributed by atoms with Crippen LogP contribution in [0.4, 0.5) is 0 Å². The van der Waals surface area contributed by atoms with Gasteiger partial charge < -0.3 is 0 Å². The van der Waals surface area contributed by atoms with Crippen molar-refractivity contribution in [3.63, 3.8) is 0 Å². The third-order valence-corrected chi connectivity index (χ3v) is 2.43. The van der Waals surface area contributed by atoms with Crippen LogP contribution in [-0.2, 0) is 0 Å². The fourth-order valence-corrected chi connectivity index (χ4v) is 1.66. The van der Waals surface area contributed by atoms with Gasteiger partial charge in [0.25, 0.3) is 0 Å². The van der Waals surface area contributed by atoms with Gasteiger partial charge in [0.2, 0.25) is 0 Å². The van der Waals surface area contributed by atoms with Crippen LogP contribution in [-0.4, -0.2) is 12.3 Å². The molecule has 0 heterocycles. The zero-order chi connectivity index (χ0) is 8.10. The lowest BCUT2D eigenvalue weighted by molar-refractivity contribution is 0.556. The van der Waals surface area contributed by atoms with E-state index in [1.807, 2.05) is 0 Å². The molecule has 0 radical (unpaired) electrons. The molecule has 0 aromatic carbocycles. The van der Waals surface area contributed by atoms with Crippen LogP contribution in [0, 0.1) is 5.92 Å². The molecule has 1 rings (SSSR count). The van der Waals surface area contributed by atoms with Crippen molar-refractivity contribution >= 4 is 5.71 Å². The van der Waals surface area contributed by atoms with E-state index in [2.05, 4.69) is 18.8 Å². The highest BCUT2D eigenvalue weighted by atomic mass is 14.7. The number of hydrogen-bond acceptors (Lipinski definition) is 1. The first-order valence-corrected chi connectivity index (χ1v) is 4.87. The fourth-order valence-electron chi connectivity index (χ4n) is 1.66. The van der Waals surface area contributed by atoms with E-state index in [4.69, 9.17) is 0 Å². The van der Waals surface area contributed by atoms with Crippen LogP contribution < -0.4 is 0 Å². The van der Waals surface area contributed by atoms with Crippen LogP contribution in [0.5, 0.6) is 0 Å². The summed E-state index contributed by atoms with van der Waals surface area (Å²) in [5.74, 6) is 0.773. The molecule has 0 bridgehead atoms. The molecule has 0 spiro atoms. The Morgan fingerprint density at radius 2 is 2.27 bits per heavy atom. The van der Waals surface area contributed by atoms with E-state index in [0.29, 0.717) is 0 Å². The van der Waals surface area contributed by atoms with E-state index in [9.17, 15) is 0 Å². The summed E-state index contributed by atoms with van der Waals surface area (Å²) >= 11 is 0. The Morgan fingerprint density at radius 1 is 1.45 bits per heavy atom. The normalized spacial score (nSPS) is 29.3. The third kappa shape index (κ3) is 2.64. The molecule has 0 saturated heterocycles. The van der Waals surface area contributed by atoms with Gasteiger partial charge >= 0.3 is 0 Å². The predicted octanol–water partition coefficient (Wildman–Crippen LogP) is 3.05. The van der Waals surface area contributed by atoms with Crippen molar-refractivity contribution < 1.29 is 0 Å². The van der Waals surface area contributed by atoms with E-state index >= 15 is 0 Å². The molecular formula is C10H19N. The monoisotopic (exact) mass is 153 g/mol. The van der Waals surface area contributed by atoms with E-state index in [1.165, 1.54) is 37.8 Å². The molecule has 1 unspecified atom stereocenters. The summed E-state index contributed by atoms with van der Waals surface area (Å²) in [4.78, 5) is 4.60. The molecule has 1 aliphatic rings. The van der Waals surface area contributed by atoms with Gasteiger partial charge in [-0.05, 0) is 31.6 Å². The van der Waals surface area contributed by atoms with Crippen molar-refractivity contribution in [1.29, 1.82) is 0 Å². The van der Waals surface area contributed by atoms with Gasteiger partial charge in [0.05, 0.1) is 0 Å². The molecule has 1 heteroatoms. The predicted molar refractivity (Wildman–Crippen MR) is 50.2 cm³/mol. The summed E-state index contributed by atoms with van der Waals surface area (Å²) in [6.45, 7) is 5.55. The van der Waals surface area contributed by atoms with Crippen molar-refractivity contribution in [2.24, 2.45) is 10.9 Å². The van der Waals surface area contributed by atoms with E-state index < -0.39 is 0 Å². The molecule has 1 fully saturated rings. The Hall–Kier alpha value is -0.330. The van der Waals surface area contributed by atoms with E-state index in [1.54, 1.807) is 0 Å². The van der Waals surface area contributed by atoms with Crippen molar-refractivity contribution in [3.8, 4) is 0 Å². The Balaban J connectivity index is 2.40. The number of nitrogens with zero attached hydrogens (tertiary/aromatic N) is 1. The first kappa shape index (κ1) is 8.76. The second-order valence-electron chi connectivity index (χ2n) is 3.52. The average molecular weight is 153 g/mol. The molecule has 0 aromatic heterocycles. The largest absolute Gasteiger partial charge is 0.294 e. The molecule has 0 amide bonds. The first-order valence-electron chi connectivity index (χ1n) is 4.87. The Morgan fingerprint density at radius 3 is 2.91 bits per heavy atom. The molecule has 0 N–H and O–H groups in total. The first-order chi connectivity index (χ1) is 5.34. The minimum absolute atomic E-state index is 0.773. The summed E-state index contributed by atoms with van der Waals surface area (Å²) in [7, 11) is 0. The smallest absolute Gasteiger partial charge is 0.0386 e. The van der Waals surface area contributed by atoms with Gasteiger partial charge in [-0.1, -0.05) is 20.3 Å². The minimum Gasteiger partial charge on any atom is -0.294 e. The molecule has 1 nitrogen and oxygen atoms in total. The van der Waals surface area contributed by atoms with Gasteiger partial charge in [-0.3, -0.25) is 4.99 Å². The van der Waals surface area contributed by atoms with Crippen LogP contribution in [0.15, 0.2) is 4.99 Å². The molecule has 1 atom stereocenters. The number of hydrogen-bond donors (Lipinski definition) is 0. The highest BCUT2D eigenvalue weighted by Crippen LogP contribution is 2.20. The zero-order valence-electron chi connectivity index (χ0n) is 7.77. The Bertz CT molecular complexity index is 138. The molecular weight excluding hydrogens is 134 g/mol. The van der Waals surface area contributed by atoms with Crippen LogP contribution in [0.25, 0.3) is 0 Å². The van der Waals surface area contributed by atoms with Gasteiger partial charge in [-0.25, -0.2) is 0 Å². The summed E-state index contributed by atoms with van der Waals surface area (Å²) < 4.78 is 0. The highest BCUT2D eigenvalue weighted by molar-refractivity contribution is 5.87. The van der Waals surface area contributed by atoms with E-state index in [0.717, 1.165) is 12.5 Å². The molecule has 11 heavy (non-hydrogen) atoms. The van der Waals surface area contributed by atoms with Gasteiger partial charge in [0.15, 0.2) is 0 Å². The minimum atomic E-state index is 0.773. The lowest BCUT2D eigenvalue weighted by atomic mass is 9.89. The lowest BCUT2D eigenvalue weighted by Crippen LogP contribution is -2.16. The maximum atomic E-state index is 4.60. The third-order valence-electron chi connectivity index (χ3n) is 2.43. The highest BCUT2D eigenvalue weighted by Gasteiger charge is 2.14. The number of aliphatic imine (C=N–C) groups is 1. The topological polar surface area (TPSA) is 12.4 Å². The van der Waals surface area contributed by atoms with Crippen molar-refractivity contribution in [2.75, 3.05) is 6.54 Å². The maximum Gasteiger partial charge on any atom is 0.0386 e. The van der Waals surface area contributed by atoms with Crippen molar-refractivity contribution in [2.45, 2.75) is 46.0 Å². The van der Waals surface area contributed by atoms with Gasteiger partial charge in [0, 0.05) is 12.3 Å². The van der Waals surface area contributed by atoms with Crippen LogP contribution in [0.3, 0.4) is 0 Å². The molecule has 0 aromatic rings. The average Bonchev–Trinajstić information content (AvgIpc) is 2.03. The maximum absolute atomic E-state index is 4.60. The van der Waals surface area contributed by atoms with E-state index in [-0.39, 0.29) is 0 Å². The van der Waals surface area contributed by atoms with Crippen molar-refractivity contribution in [3.05, 3.63) is 0 Å². The zero-order valence-corrected chi connectivity index (χ0v) is 7.77. The summed E-state index contributed by atoms with van der Waals surface area (Å²) in [6, 6.07) is 0. The van der Waals surface area contributed by atoms with Crippen LogP contribution in [0.2, 0.25) is 0 Å². The van der Waals surface area contributed by atoms with Gasteiger partial charge in [-0.15, -0.1) is 0 Å². The standard InChI is InChI=1S/C10H19N/c1-3-8-11-10-7-5-4-6-9(10)2/h9H,3-8H2,1-2H3. The quantitative estimate of drug-likeness (QED) is 0.578. The molecule has 64 valence electrons. The molecule has 0 aliphatic heterocycles. The summed E-state index contributed by atoms with van der Waals surface area (Å²) in [5, 5.41) is 0. The van der Waals surface area contributed by atoms with Gasteiger partial charge in [-0.2, -0.15) is 0 Å². The Labute approximate surface area is 69.9 Å². The van der Waals surface area contributed by atoms with Crippen LogP contribution >= 0.6 is 0 Å². The summed E-state index contributed by atoms with van der Waals surface area (Å²) in [5.41, 5.74) is 1.48. The lowest BCUT2D eigenvalue weighted by Gasteiger charge is -2.20. The second kappa shape index (κ2) is 4.53. The van der Waals surface area contributed by atoms with Crippen molar-refractivity contribution in [1.82, 2.24) is 0 Å². The summed E-state index contributed by atoms with van der Waals surface area (Å²) in [6.07, 6.45) is 6.60. The fraction of sp³-hybridized carbons (Fsp3) is 0.900. The van der Waals surface area contributed by atoms with Gasteiger partial charge in [0.1, 0.15) is 0 Å². The Kier molecular flexibility index (Phi) is 3.61. The van der Waals surface area contributed by atoms with Crippen LogP contribution in [0.1, 0.15) is 46.0 Å². The number of rotatable bonds is 2. The second-order valence-corrected chi connectivity index (χ2v) is 3.52. The SMILES string of the molecule is CCCN=C1CCCCC1C. The molecule has 1 saturated carbocycles.